The summed E-state index contributed by atoms with van der Waals surface area (Å²) in [5.41, 5.74) is -0.646. The SMILES string of the molecule is CCNC(=NCc1nc(C(F)(F)F)cs1)NCC1(CCOCC)CCCC1. The molecule has 0 atom stereocenters. The molecule has 0 bridgehead atoms. The predicted molar refractivity (Wildman–Crippen MR) is 102 cm³/mol. The van der Waals surface area contributed by atoms with E-state index in [9.17, 15) is 13.2 Å². The number of aliphatic imine (C=N–C) groups is 1. The van der Waals surface area contributed by atoms with Gasteiger partial charge in [-0.25, -0.2) is 9.98 Å². The lowest BCUT2D eigenvalue weighted by molar-refractivity contribution is -0.140. The summed E-state index contributed by atoms with van der Waals surface area (Å²) in [7, 11) is 0. The Morgan fingerprint density at radius 1 is 1.30 bits per heavy atom. The summed E-state index contributed by atoms with van der Waals surface area (Å²) in [6, 6.07) is 0. The number of ether oxygens (including phenoxy) is 1. The van der Waals surface area contributed by atoms with Crippen molar-refractivity contribution < 1.29 is 17.9 Å². The van der Waals surface area contributed by atoms with Crippen molar-refractivity contribution in [2.24, 2.45) is 10.4 Å². The third-order valence-corrected chi connectivity index (χ3v) is 5.67. The summed E-state index contributed by atoms with van der Waals surface area (Å²) in [5, 5.41) is 7.92. The third-order valence-electron chi connectivity index (χ3n) is 4.83. The van der Waals surface area contributed by atoms with Crippen LogP contribution in [0.1, 0.15) is 56.7 Å². The Balaban J connectivity index is 1.95. The third kappa shape index (κ3) is 6.95. The van der Waals surface area contributed by atoms with Crippen molar-refractivity contribution in [1.29, 1.82) is 0 Å². The molecular weight excluding hydrogens is 377 g/mol. The Morgan fingerprint density at radius 3 is 2.63 bits per heavy atom. The monoisotopic (exact) mass is 406 g/mol. The van der Waals surface area contributed by atoms with Gasteiger partial charge < -0.3 is 15.4 Å². The first-order chi connectivity index (χ1) is 12.9. The van der Waals surface area contributed by atoms with E-state index < -0.39 is 11.9 Å². The van der Waals surface area contributed by atoms with Gasteiger partial charge in [-0.05, 0) is 38.5 Å². The fraction of sp³-hybridized carbons (Fsp3) is 0.778. The Kier molecular flexibility index (Phi) is 8.34. The van der Waals surface area contributed by atoms with Gasteiger partial charge in [0.05, 0.1) is 6.54 Å². The Labute approximate surface area is 162 Å². The van der Waals surface area contributed by atoms with E-state index in [0.717, 1.165) is 55.7 Å². The first kappa shape index (κ1) is 21.9. The van der Waals surface area contributed by atoms with E-state index in [1.165, 1.54) is 12.8 Å². The van der Waals surface area contributed by atoms with E-state index in [-0.39, 0.29) is 12.0 Å². The number of thiazole rings is 1. The highest BCUT2D eigenvalue weighted by Gasteiger charge is 2.34. The van der Waals surface area contributed by atoms with Gasteiger partial charge in [0, 0.05) is 31.7 Å². The summed E-state index contributed by atoms with van der Waals surface area (Å²) >= 11 is 0.982. The van der Waals surface area contributed by atoms with E-state index in [2.05, 4.69) is 20.6 Å². The lowest BCUT2D eigenvalue weighted by atomic mass is 9.83. The zero-order valence-corrected chi connectivity index (χ0v) is 16.8. The van der Waals surface area contributed by atoms with E-state index >= 15 is 0 Å². The molecule has 0 radical (unpaired) electrons. The number of nitrogens with zero attached hydrogens (tertiary/aromatic N) is 2. The molecule has 1 aromatic heterocycles. The Morgan fingerprint density at radius 2 is 2.04 bits per heavy atom. The van der Waals surface area contributed by atoms with Gasteiger partial charge in [-0.2, -0.15) is 13.2 Å². The minimum absolute atomic E-state index is 0.127. The first-order valence-electron chi connectivity index (χ1n) is 9.50. The molecule has 2 N–H and O–H groups in total. The highest BCUT2D eigenvalue weighted by Crippen LogP contribution is 2.40. The zero-order valence-electron chi connectivity index (χ0n) is 16.0. The molecule has 1 fully saturated rings. The van der Waals surface area contributed by atoms with Crippen LogP contribution >= 0.6 is 11.3 Å². The van der Waals surface area contributed by atoms with Gasteiger partial charge >= 0.3 is 6.18 Å². The molecule has 0 amide bonds. The minimum Gasteiger partial charge on any atom is -0.382 e. The van der Waals surface area contributed by atoms with Crippen LogP contribution in [-0.2, 0) is 17.5 Å². The van der Waals surface area contributed by atoms with Crippen LogP contribution in [0, 0.1) is 5.41 Å². The van der Waals surface area contributed by atoms with Crippen LogP contribution in [0.2, 0.25) is 0 Å². The molecule has 1 heterocycles. The van der Waals surface area contributed by atoms with Gasteiger partial charge in [0.15, 0.2) is 11.7 Å². The van der Waals surface area contributed by atoms with Gasteiger partial charge in [0.25, 0.3) is 0 Å². The van der Waals surface area contributed by atoms with Gasteiger partial charge in [0.2, 0.25) is 0 Å². The predicted octanol–water partition coefficient (Wildman–Crippen LogP) is 4.20. The fourth-order valence-electron chi connectivity index (χ4n) is 3.35. The Hall–Kier alpha value is -1.35. The number of rotatable bonds is 9. The van der Waals surface area contributed by atoms with Crippen molar-refractivity contribution in [3.05, 3.63) is 16.1 Å². The average Bonchev–Trinajstić information content (AvgIpc) is 3.27. The van der Waals surface area contributed by atoms with Crippen LogP contribution in [0.25, 0.3) is 0 Å². The molecule has 0 saturated heterocycles. The second-order valence-electron chi connectivity index (χ2n) is 6.83. The number of hydrogen-bond donors (Lipinski definition) is 2. The van der Waals surface area contributed by atoms with Crippen LogP contribution < -0.4 is 10.6 Å². The number of halogens is 3. The van der Waals surface area contributed by atoms with E-state index in [1.54, 1.807) is 0 Å². The molecule has 0 aliphatic heterocycles. The lowest BCUT2D eigenvalue weighted by Crippen LogP contribution is -2.43. The summed E-state index contributed by atoms with van der Waals surface area (Å²) in [6.45, 7) is 7.04. The van der Waals surface area contributed by atoms with Crippen molar-refractivity contribution in [1.82, 2.24) is 15.6 Å². The fourth-order valence-corrected chi connectivity index (χ4v) is 4.07. The van der Waals surface area contributed by atoms with Gasteiger partial charge in [0.1, 0.15) is 5.01 Å². The van der Waals surface area contributed by atoms with E-state index in [1.807, 2.05) is 13.8 Å². The molecule has 1 aliphatic carbocycles. The van der Waals surface area contributed by atoms with Crippen molar-refractivity contribution in [2.75, 3.05) is 26.3 Å². The molecule has 1 aromatic rings. The van der Waals surface area contributed by atoms with Crippen molar-refractivity contribution >= 4 is 17.3 Å². The molecule has 0 unspecified atom stereocenters. The number of guanidine groups is 1. The lowest BCUT2D eigenvalue weighted by Gasteiger charge is -2.30. The maximum absolute atomic E-state index is 12.7. The van der Waals surface area contributed by atoms with E-state index in [0.29, 0.717) is 17.5 Å². The summed E-state index contributed by atoms with van der Waals surface area (Å²) in [6.07, 6.45) is 1.37. The van der Waals surface area contributed by atoms with Gasteiger partial charge in [-0.1, -0.05) is 12.8 Å². The number of hydrogen-bond acceptors (Lipinski definition) is 4. The second kappa shape index (κ2) is 10.3. The standard InChI is InChI=1S/C18H29F3N4OS/c1-3-22-16(23-11-15-25-14(12-27-15)18(19,20)21)24-13-17(7-5-6-8-17)9-10-26-4-2/h12H,3-11,13H2,1-2H3,(H2,22,23,24). The van der Waals surface area contributed by atoms with Gasteiger partial charge in [-0.3, -0.25) is 0 Å². The van der Waals surface area contributed by atoms with Crippen LogP contribution in [0.5, 0.6) is 0 Å². The molecule has 154 valence electrons. The van der Waals surface area contributed by atoms with Crippen LogP contribution in [0.15, 0.2) is 10.4 Å². The van der Waals surface area contributed by atoms with Crippen molar-refractivity contribution in [2.45, 2.75) is 58.7 Å². The molecule has 0 aromatic carbocycles. The molecule has 1 aliphatic rings. The topological polar surface area (TPSA) is 58.5 Å². The molecule has 1 saturated carbocycles. The maximum atomic E-state index is 12.7. The van der Waals surface area contributed by atoms with Gasteiger partial charge in [-0.15, -0.1) is 11.3 Å². The molecule has 9 heteroatoms. The summed E-state index contributed by atoms with van der Waals surface area (Å²) in [5.74, 6) is 0.615. The molecule has 5 nitrogen and oxygen atoms in total. The average molecular weight is 407 g/mol. The second-order valence-corrected chi connectivity index (χ2v) is 7.77. The zero-order chi connectivity index (χ0) is 19.8. The first-order valence-corrected chi connectivity index (χ1v) is 10.4. The van der Waals surface area contributed by atoms with Crippen LogP contribution in [0.4, 0.5) is 13.2 Å². The van der Waals surface area contributed by atoms with Crippen molar-refractivity contribution in [3.63, 3.8) is 0 Å². The summed E-state index contributed by atoms with van der Waals surface area (Å²) in [4.78, 5) is 8.04. The largest absolute Gasteiger partial charge is 0.434 e. The maximum Gasteiger partial charge on any atom is 0.434 e. The highest BCUT2D eigenvalue weighted by molar-refractivity contribution is 7.09. The number of alkyl halides is 3. The molecule has 0 spiro atoms. The molecular formula is C18H29F3N4OS. The van der Waals surface area contributed by atoms with E-state index in [4.69, 9.17) is 4.74 Å². The molecule has 27 heavy (non-hydrogen) atoms. The quantitative estimate of drug-likeness (QED) is 0.367. The number of nitrogens with one attached hydrogen (secondary N) is 2. The van der Waals surface area contributed by atoms with Crippen molar-refractivity contribution in [3.8, 4) is 0 Å². The molecule has 2 rings (SSSR count). The minimum atomic E-state index is -4.41. The Bertz CT molecular complexity index is 598. The summed E-state index contributed by atoms with van der Waals surface area (Å²) < 4.78 is 43.5. The van der Waals surface area contributed by atoms with Crippen LogP contribution in [-0.4, -0.2) is 37.2 Å². The highest BCUT2D eigenvalue weighted by atomic mass is 32.1. The number of aromatic nitrogens is 1. The normalized spacial score (nSPS) is 17.3. The van der Waals surface area contributed by atoms with Crippen LogP contribution in [0.3, 0.4) is 0 Å². The smallest absolute Gasteiger partial charge is 0.382 e.